The number of sulfonamides is 1. The number of hydrogen-bond acceptors (Lipinski definition) is 5. The summed E-state index contributed by atoms with van der Waals surface area (Å²) in [5.41, 5.74) is 0.864. The molecule has 6 nitrogen and oxygen atoms in total. The maximum Gasteiger partial charge on any atom is 0.335 e. The summed E-state index contributed by atoms with van der Waals surface area (Å²) in [6, 6.07) is 8.43. The van der Waals surface area contributed by atoms with Crippen LogP contribution in [0.15, 0.2) is 64.1 Å². The topological polar surface area (TPSA) is 85.6 Å². The summed E-state index contributed by atoms with van der Waals surface area (Å²) in [6.45, 7) is 5.47. The molecule has 2 aromatic rings. The zero-order valence-electron chi connectivity index (χ0n) is 12.8. The van der Waals surface area contributed by atoms with Crippen molar-refractivity contribution in [2.24, 2.45) is 0 Å². The number of aryl methyl sites for hydroxylation is 1. The van der Waals surface area contributed by atoms with Crippen molar-refractivity contribution >= 4 is 16.0 Å². The van der Waals surface area contributed by atoms with E-state index in [1.807, 2.05) is 6.92 Å². The lowest BCUT2D eigenvalue weighted by Gasteiger charge is -2.18. The van der Waals surface area contributed by atoms with E-state index in [0.717, 1.165) is 5.56 Å². The van der Waals surface area contributed by atoms with Crippen LogP contribution in [0.3, 0.4) is 0 Å². The monoisotopic (exact) mass is 335 g/mol. The molecule has 1 unspecified atom stereocenters. The Morgan fingerprint density at radius 1 is 1.26 bits per heavy atom. The van der Waals surface area contributed by atoms with E-state index in [1.165, 1.54) is 25.5 Å². The SMILES string of the molecule is C=C(C(=O)OC)C(NS(=O)(=O)c1ccc(C)cc1)c1ccco1. The van der Waals surface area contributed by atoms with Gasteiger partial charge in [-0.1, -0.05) is 24.3 Å². The van der Waals surface area contributed by atoms with Crippen LogP contribution in [0.1, 0.15) is 17.4 Å². The van der Waals surface area contributed by atoms with Gasteiger partial charge in [-0.2, -0.15) is 4.72 Å². The fraction of sp³-hybridized carbons (Fsp3) is 0.188. The Balaban J connectivity index is 2.36. The van der Waals surface area contributed by atoms with Gasteiger partial charge in [0.1, 0.15) is 11.8 Å². The largest absolute Gasteiger partial charge is 0.467 e. The number of benzene rings is 1. The van der Waals surface area contributed by atoms with E-state index < -0.39 is 22.0 Å². The molecule has 0 spiro atoms. The molecular weight excluding hydrogens is 318 g/mol. The molecular formula is C16H17NO5S. The third-order valence-electron chi connectivity index (χ3n) is 3.23. The number of carbonyl (C=O) groups is 1. The molecule has 1 aromatic carbocycles. The molecule has 0 aliphatic rings. The smallest absolute Gasteiger partial charge is 0.335 e. The molecule has 1 heterocycles. The summed E-state index contributed by atoms with van der Waals surface area (Å²) in [7, 11) is -2.67. The van der Waals surface area contributed by atoms with Gasteiger partial charge >= 0.3 is 5.97 Å². The van der Waals surface area contributed by atoms with Gasteiger partial charge in [0.05, 0.1) is 23.8 Å². The van der Waals surface area contributed by atoms with Crippen molar-refractivity contribution in [2.45, 2.75) is 17.9 Å². The van der Waals surface area contributed by atoms with E-state index in [4.69, 9.17) is 4.42 Å². The highest BCUT2D eigenvalue weighted by Crippen LogP contribution is 2.24. The molecule has 23 heavy (non-hydrogen) atoms. The van der Waals surface area contributed by atoms with E-state index in [-0.39, 0.29) is 16.2 Å². The van der Waals surface area contributed by atoms with Crippen LogP contribution >= 0.6 is 0 Å². The molecule has 0 amide bonds. The van der Waals surface area contributed by atoms with Crippen molar-refractivity contribution in [3.8, 4) is 0 Å². The first-order chi connectivity index (χ1) is 10.8. The first-order valence-corrected chi connectivity index (χ1v) is 8.23. The minimum Gasteiger partial charge on any atom is -0.467 e. The number of ether oxygens (including phenoxy) is 1. The van der Waals surface area contributed by atoms with E-state index in [1.54, 1.807) is 24.3 Å². The van der Waals surface area contributed by atoms with Crippen molar-refractivity contribution in [1.82, 2.24) is 4.72 Å². The van der Waals surface area contributed by atoms with Gasteiger partial charge in [-0.15, -0.1) is 0 Å². The van der Waals surface area contributed by atoms with Crippen molar-refractivity contribution in [3.63, 3.8) is 0 Å². The van der Waals surface area contributed by atoms with Crippen LogP contribution in [0.25, 0.3) is 0 Å². The van der Waals surface area contributed by atoms with E-state index in [0.29, 0.717) is 0 Å². The quantitative estimate of drug-likeness (QED) is 0.647. The highest BCUT2D eigenvalue weighted by molar-refractivity contribution is 7.89. The third kappa shape index (κ3) is 3.88. The van der Waals surface area contributed by atoms with Gasteiger partial charge in [0.25, 0.3) is 0 Å². The summed E-state index contributed by atoms with van der Waals surface area (Å²) in [6.07, 6.45) is 1.38. The number of rotatable bonds is 6. The molecule has 7 heteroatoms. The van der Waals surface area contributed by atoms with Gasteiger partial charge < -0.3 is 9.15 Å². The van der Waals surface area contributed by atoms with Gasteiger partial charge in [-0.25, -0.2) is 13.2 Å². The van der Waals surface area contributed by atoms with Gasteiger partial charge in [0, 0.05) is 0 Å². The number of carbonyl (C=O) groups excluding carboxylic acids is 1. The van der Waals surface area contributed by atoms with E-state index in [2.05, 4.69) is 16.0 Å². The van der Waals surface area contributed by atoms with Gasteiger partial charge in [0.2, 0.25) is 10.0 Å². The van der Waals surface area contributed by atoms with Crippen molar-refractivity contribution in [2.75, 3.05) is 7.11 Å². The van der Waals surface area contributed by atoms with Gasteiger partial charge in [-0.3, -0.25) is 0 Å². The van der Waals surface area contributed by atoms with Crippen molar-refractivity contribution in [1.29, 1.82) is 0 Å². The van der Waals surface area contributed by atoms with Crippen LogP contribution < -0.4 is 4.72 Å². The molecule has 122 valence electrons. The Morgan fingerprint density at radius 3 is 2.43 bits per heavy atom. The first-order valence-electron chi connectivity index (χ1n) is 6.74. The number of furan rings is 1. The summed E-state index contributed by atoms with van der Waals surface area (Å²) >= 11 is 0. The molecule has 0 saturated heterocycles. The maximum atomic E-state index is 12.5. The van der Waals surface area contributed by atoms with Crippen LogP contribution in [0.2, 0.25) is 0 Å². The highest BCUT2D eigenvalue weighted by Gasteiger charge is 2.29. The predicted octanol–water partition coefficient (Wildman–Crippen LogP) is 2.34. The first kappa shape index (κ1) is 17.0. The summed E-state index contributed by atoms with van der Waals surface area (Å²) in [5.74, 6) is -0.478. The molecule has 0 aliphatic carbocycles. The Bertz CT molecular complexity index is 792. The molecule has 1 N–H and O–H groups in total. The Hall–Kier alpha value is -2.38. The Labute approximate surface area is 134 Å². The number of methoxy groups -OCH3 is 1. The van der Waals surface area contributed by atoms with Gasteiger partial charge in [-0.05, 0) is 31.2 Å². The Kier molecular flexibility index (Phi) is 5.02. The molecule has 1 atom stereocenters. The van der Waals surface area contributed by atoms with Crippen molar-refractivity contribution < 1.29 is 22.4 Å². The molecule has 1 aromatic heterocycles. The second kappa shape index (κ2) is 6.80. The lowest BCUT2D eigenvalue weighted by Crippen LogP contribution is -2.31. The van der Waals surface area contributed by atoms with Crippen LogP contribution in [-0.4, -0.2) is 21.5 Å². The standard InChI is InChI=1S/C16H17NO5S/c1-11-6-8-13(9-7-11)23(19,20)17-15(12(2)16(18)21-3)14-5-4-10-22-14/h4-10,15,17H,2H2,1,3H3. The highest BCUT2D eigenvalue weighted by atomic mass is 32.2. The van der Waals surface area contributed by atoms with Crippen LogP contribution in [0.4, 0.5) is 0 Å². The molecule has 2 rings (SSSR count). The summed E-state index contributed by atoms with van der Waals surface area (Å²) in [5, 5.41) is 0. The average Bonchev–Trinajstić information content (AvgIpc) is 3.06. The lowest BCUT2D eigenvalue weighted by atomic mass is 10.1. The van der Waals surface area contributed by atoms with Crippen LogP contribution in [0.5, 0.6) is 0 Å². The molecule has 0 fully saturated rings. The van der Waals surface area contributed by atoms with Crippen molar-refractivity contribution in [3.05, 3.63) is 66.1 Å². The van der Waals surface area contributed by atoms with Crippen LogP contribution in [-0.2, 0) is 19.6 Å². The lowest BCUT2D eigenvalue weighted by molar-refractivity contribution is -0.136. The fourth-order valence-corrected chi connectivity index (χ4v) is 3.15. The number of nitrogens with one attached hydrogen (secondary N) is 1. The fourth-order valence-electron chi connectivity index (χ4n) is 1.95. The second-order valence-corrected chi connectivity index (χ2v) is 6.61. The molecule has 0 aliphatic heterocycles. The van der Waals surface area contributed by atoms with Crippen LogP contribution in [0, 0.1) is 6.92 Å². The Morgan fingerprint density at radius 2 is 1.91 bits per heavy atom. The summed E-state index contributed by atoms with van der Waals surface area (Å²) in [4.78, 5) is 11.8. The predicted molar refractivity (Wildman–Crippen MR) is 84.1 cm³/mol. The van der Waals surface area contributed by atoms with E-state index in [9.17, 15) is 13.2 Å². The summed E-state index contributed by atoms with van der Waals surface area (Å²) < 4.78 is 37.3. The minimum absolute atomic E-state index is 0.0712. The average molecular weight is 335 g/mol. The minimum atomic E-state index is -3.87. The normalized spacial score (nSPS) is 12.6. The molecule has 0 bridgehead atoms. The third-order valence-corrected chi connectivity index (χ3v) is 4.67. The number of hydrogen-bond donors (Lipinski definition) is 1. The molecule has 0 saturated carbocycles. The molecule has 0 radical (unpaired) electrons. The zero-order valence-corrected chi connectivity index (χ0v) is 13.6. The maximum absolute atomic E-state index is 12.5. The zero-order chi connectivity index (χ0) is 17.0. The second-order valence-electron chi connectivity index (χ2n) is 4.90. The van der Waals surface area contributed by atoms with E-state index >= 15 is 0 Å². The number of esters is 1. The van der Waals surface area contributed by atoms with Gasteiger partial charge in [0.15, 0.2) is 0 Å².